The lowest BCUT2D eigenvalue weighted by molar-refractivity contribution is 0.479. The average Bonchev–Trinajstić information content (AvgIpc) is 2.61. The molecule has 148 valence electrons. The molecule has 0 aliphatic heterocycles. The van der Waals surface area contributed by atoms with Crippen molar-refractivity contribution in [1.29, 1.82) is 0 Å². The third kappa shape index (κ3) is 4.55. The summed E-state index contributed by atoms with van der Waals surface area (Å²) < 4.78 is 0. The fraction of sp³-hybridized carbons (Fsp3) is 0.423. The Hall–Kier alpha value is -2.35. The topological polar surface area (TPSA) is 16.1 Å². The van der Waals surface area contributed by atoms with E-state index in [1.54, 1.807) is 0 Å². The van der Waals surface area contributed by atoms with Crippen molar-refractivity contribution in [3.63, 3.8) is 0 Å². The predicted molar refractivity (Wildman–Crippen MR) is 121 cm³/mol. The van der Waals surface area contributed by atoms with E-state index in [1.165, 1.54) is 28.2 Å². The molecule has 0 saturated heterocycles. The molecule has 0 fully saturated rings. The van der Waals surface area contributed by atoms with Crippen LogP contribution >= 0.6 is 0 Å². The van der Waals surface area contributed by atoms with Crippen LogP contribution in [0.25, 0.3) is 0 Å². The average molecular weight is 375 g/mol. The first-order valence-electron chi connectivity index (χ1n) is 10.3. The maximum Gasteiger partial charge on any atom is 0.0491 e. The number of aryl methyl sites for hydroxylation is 1. The van der Waals surface area contributed by atoms with Gasteiger partial charge in [0, 0.05) is 29.0 Å². The van der Waals surface area contributed by atoms with Crippen molar-refractivity contribution in [1.82, 2.24) is 4.98 Å². The van der Waals surface area contributed by atoms with E-state index in [-0.39, 0.29) is 10.8 Å². The molecule has 28 heavy (non-hydrogen) atoms. The summed E-state index contributed by atoms with van der Waals surface area (Å²) in [5, 5.41) is 0. The van der Waals surface area contributed by atoms with Crippen LogP contribution in [0, 0.1) is 12.3 Å². The number of anilines is 2. The van der Waals surface area contributed by atoms with Gasteiger partial charge in [-0.15, -0.1) is 0 Å². The quantitative estimate of drug-likeness (QED) is 0.553. The number of allylic oxidation sites excluding steroid dienone is 4. The highest BCUT2D eigenvalue weighted by molar-refractivity contribution is 5.69. The highest BCUT2D eigenvalue weighted by atomic mass is 15.1. The van der Waals surface area contributed by atoms with Crippen LogP contribution in [-0.2, 0) is 5.41 Å². The number of benzene rings is 1. The molecular formula is C26H34N2. The summed E-state index contributed by atoms with van der Waals surface area (Å²) in [7, 11) is 0. The van der Waals surface area contributed by atoms with Crippen molar-refractivity contribution < 1.29 is 0 Å². The van der Waals surface area contributed by atoms with Crippen molar-refractivity contribution in [2.75, 3.05) is 4.90 Å². The lowest BCUT2D eigenvalue weighted by Gasteiger charge is -2.33. The third-order valence-electron chi connectivity index (χ3n) is 5.51. The number of nitrogens with zero attached hydrogens (tertiary/aromatic N) is 2. The van der Waals surface area contributed by atoms with E-state index in [0.29, 0.717) is 0 Å². The molecule has 1 aromatic heterocycles. The molecule has 1 aromatic carbocycles. The van der Waals surface area contributed by atoms with Gasteiger partial charge in [-0.05, 0) is 66.5 Å². The molecule has 0 bridgehead atoms. The van der Waals surface area contributed by atoms with Crippen LogP contribution in [0.2, 0.25) is 0 Å². The van der Waals surface area contributed by atoms with Gasteiger partial charge in [-0.1, -0.05) is 65.3 Å². The van der Waals surface area contributed by atoms with E-state index in [9.17, 15) is 0 Å². The van der Waals surface area contributed by atoms with Crippen LogP contribution in [0.5, 0.6) is 0 Å². The molecule has 0 amide bonds. The van der Waals surface area contributed by atoms with Crippen molar-refractivity contribution >= 4 is 11.4 Å². The highest BCUT2D eigenvalue weighted by Gasteiger charge is 2.23. The molecule has 2 aromatic rings. The largest absolute Gasteiger partial charge is 0.314 e. The van der Waals surface area contributed by atoms with Crippen LogP contribution in [-0.4, -0.2) is 4.98 Å². The predicted octanol–water partition coefficient (Wildman–Crippen LogP) is 7.48. The number of pyridine rings is 1. The van der Waals surface area contributed by atoms with E-state index < -0.39 is 0 Å². The van der Waals surface area contributed by atoms with Gasteiger partial charge in [-0.3, -0.25) is 4.98 Å². The SMILES string of the molecule is Cc1cc(N(C2=CC=C(C(C)(C)C)CC2)c2ccc(C(C)(C)C)cc2)ccn1. The molecule has 0 unspecified atom stereocenters. The number of rotatable bonds is 3. The molecule has 2 heteroatoms. The first-order valence-corrected chi connectivity index (χ1v) is 10.3. The Morgan fingerprint density at radius 2 is 1.46 bits per heavy atom. The summed E-state index contributed by atoms with van der Waals surface area (Å²) in [6.45, 7) is 15.7. The molecule has 1 aliphatic rings. The fourth-order valence-electron chi connectivity index (χ4n) is 3.70. The van der Waals surface area contributed by atoms with Gasteiger partial charge in [0.1, 0.15) is 0 Å². The van der Waals surface area contributed by atoms with Gasteiger partial charge in [0.25, 0.3) is 0 Å². The van der Waals surface area contributed by atoms with Gasteiger partial charge in [0.15, 0.2) is 0 Å². The van der Waals surface area contributed by atoms with E-state index in [4.69, 9.17) is 0 Å². The zero-order valence-electron chi connectivity index (χ0n) is 18.5. The zero-order valence-corrected chi connectivity index (χ0v) is 18.5. The van der Waals surface area contributed by atoms with Crippen LogP contribution in [0.1, 0.15) is 65.6 Å². The van der Waals surface area contributed by atoms with Crippen LogP contribution in [0.15, 0.2) is 66.0 Å². The summed E-state index contributed by atoms with van der Waals surface area (Å²) in [6, 6.07) is 13.3. The normalized spacial score (nSPS) is 15.1. The molecule has 0 atom stereocenters. The van der Waals surface area contributed by atoms with Gasteiger partial charge < -0.3 is 4.90 Å². The second-order valence-electron chi connectivity index (χ2n) is 9.89. The first kappa shape index (κ1) is 20.4. The van der Waals surface area contributed by atoms with Gasteiger partial charge >= 0.3 is 0 Å². The van der Waals surface area contributed by atoms with Crippen LogP contribution in [0.3, 0.4) is 0 Å². The van der Waals surface area contributed by atoms with Crippen LogP contribution < -0.4 is 4.90 Å². The van der Waals surface area contributed by atoms with Crippen molar-refractivity contribution in [2.45, 2.75) is 66.7 Å². The second kappa shape index (κ2) is 7.58. The molecule has 0 saturated carbocycles. The van der Waals surface area contributed by atoms with Gasteiger partial charge in [-0.25, -0.2) is 0 Å². The van der Waals surface area contributed by atoms with E-state index in [2.05, 4.69) is 107 Å². The second-order valence-corrected chi connectivity index (χ2v) is 9.89. The van der Waals surface area contributed by atoms with Crippen molar-refractivity contribution in [3.05, 3.63) is 77.3 Å². The number of hydrogen-bond acceptors (Lipinski definition) is 2. The summed E-state index contributed by atoms with van der Waals surface area (Å²) in [6.07, 6.45) is 8.68. The Balaban J connectivity index is 2.05. The summed E-state index contributed by atoms with van der Waals surface area (Å²) in [5.74, 6) is 0. The molecule has 1 aliphatic carbocycles. The molecule has 2 nitrogen and oxygen atoms in total. The minimum absolute atomic E-state index is 0.158. The summed E-state index contributed by atoms with van der Waals surface area (Å²) in [5.41, 5.74) is 8.02. The Kier molecular flexibility index (Phi) is 5.52. The van der Waals surface area contributed by atoms with E-state index >= 15 is 0 Å². The Morgan fingerprint density at radius 1 is 0.786 bits per heavy atom. The molecule has 1 heterocycles. The van der Waals surface area contributed by atoms with Gasteiger partial charge in [0.2, 0.25) is 0 Å². The van der Waals surface area contributed by atoms with Crippen molar-refractivity contribution in [2.24, 2.45) is 5.41 Å². The number of aromatic nitrogens is 1. The Bertz CT molecular complexity index is 887. The van der Waals surface area contributed by atoms with Gasteiger partial charge in [-0.2, -0.15) is 0 Å². The monoisotopic (exact) mass is 374 g/mol. The summed E-state index contributed by atoms with van der Waals surface area (Å²) >= 11 is 0. The van der Waals surface area contributed by atoms with Crippen molar-refractivity contribution in [3.8, 4) is 0 Å². The molecule has 0 N–H and O–H groups in total. The van der Waals surface area contributed by atoms with E-state index in [1.807, 2.05) is 6.20 Å². The molecule has 0 radical (unpaired) electrons. The summed E-state index contributed by atoms with van der Waals surface area (Å²) in [4.78, 5) is 6.78. The maximum absolute atomic E-state index is 4.39. The highest BCUT2D eigenvalue weighted by Crippen LogP contribution is 2.38. The fourth-order valence-corrected chi connectivity index (χ4v) is 3.70. The minimum Gasteiger partial charge on any atom is -0.314 e. The van der Waals surface area contributed by atoms with Gasteiger partial charge in [0.05, 0.1) is 0 Å². The lowest BCUT2D eigenvalue weighted by Crippen LogP contribution is -2.20. The maximum atomic E-state index is 4.39. The smallest absolute Gasteiger partial charge is 0.0491 e. The lowest BCUT2D eigenvalue weighted by atomic mass is 9.81. The van der Waals surface area contributed by atoms with Crippen LogP contribution in [0.4, 0.5) is 11.4 Å². The molecule has 3 rings (SSSR count). The Morgan fingerprint density at radius 3 is 1.96 bits per heavy atom. The molecule has 0 spiro atoms. The zero-order chi connectivity index (χ0) is 20.5. The first-order chi connectivity index (χ1) is 13.1. The third-order valence-corrected chi connectivity index (χ3v) is 5.51. The van der Waals surface area contributed by atoms with E-state index in [0.717, 1.165) is 18.5 Å². The number of hydrogen-bond donors (Lipinski definition) is 0. The minimum atomic E-state index is 0.158. The standard InChI is InChI=1S/C26H34N2/c1-19-18-24(16-17-27-19)28(22-12-8-20(9-13-22)25(2,3)4)23-14-10-21(11-15-23)26(5,6)7/h8-10,12-14,16-18H,11,15H2,1-7H3. The molecular weight excluding hydrogens is 340 g/mol. The Labute approximate surface area is 171 Å².